The van der Waals surface area contributed by atoms with Gasteiger partial charge >= 0.3 is 5.97 Å². The number of aromatic hydroxyl groups is 1. The van der Waals surface area contributed by atoms with Crippen molar-refractivity contribution in [2.75, 3.05) is 7.11 Å². The van der Waals surface area contributed by atoms with Crippen LogP contribution in [0.5, 0.6) is 11.5 Å². The fourth-order valence-electron chi connectivity index (χ4n) is 2.87. The van der Waals surface area contributed by atoms with E-state index in [1.54, 1.807) is 30.5 Å². The molecule has 0 atom stereocenters. The van der Waals surface area contributed by atoms with Crippen LogP contribution in [0.1, 0.15) is 15.9 Å². The molecule has 4 aromatic rings. The van der Waals surface area contributed by atoms with Crippen molar-refractivity contribution in [2.45, 2.75) is 0 Å². The molecule has 2 heterocycles. The predicted octanol–water partition coefficient (Wildman–Crippen LogP) is 3.04. The Morgan fingerprint density at radius 1 is 1.31 bits per heavy atom. The molecule has 2 aromatic carbocycles. The van der Waals surface area contributed by atoms with Gasteiger partial charge in [0.15, 0.2) is 16.5 Å². The number of rotatable bonds is 4. The molecule has 2 aromatic heterocycles. The van der Waals surface area contributed by atoms with Crippen molar-refractivity contribution >= 4 is 39.9 Å². The Balaban J connectivity index is 1.79. The molecule has 7 nitrogen and oxygen atoms in total. The Bertz CT molecular complexity index is 1380. The zero-order valence-corrected chi connectivity index (χ0v) is 16.5. The number of ether oxygens (including phenoxy) is 1. The maximum Gasteiger partial charge on any atom is 0.335 e. The summed E-state index contributed by atoms with van der Waals surface area (Å²) in [6.07, 6.45) is 3.22. The molecule has 0 spiro atoms. The second-order valence-electron chi connectivity index (χ2n) is 6.13. The molecule has 0 amide bonds. The van der Waals surface area contributed by atoms with Gasteiger partial charge in [0.2, 0.25) is 0 Å². The highest BCUT2D eigenvalue weighted by molar-refractivity contribution is 7.15. The van der Waals surface area contributed by atoms with E-state index in [2.05, 4.69) is 4.98 Å². The fraction of sp³-hybridized carbons (Fsp3) is 0.0500. The first kappa shape index (κ1) is 19.0. The van der Waals surface area contributed by atoms with E-state index in [-0.39, 0.29) is 27.6 Å². The van der Waals surface area contributed by atoms with Crippen LogP contribution in [0.3, 0.4) is 0 Å². The number of methoxy groups -OCH3 is 1. The molecule has 9 heteroatoms. The largest absolute Gasteiger partial charge is 0.503 e. The average Bonchev–Trinajstić information content (AvgIpc) is 3.24. The number of fused-ring (bicyclic) bond motifs is 1. The fourth-order valence-corrected chi connectivity index (χ4v) is 4.04. The van der Waals surface area contributed by atoms with E-state index >= 15 is 0 Å². The molecule has 146 valence electrons. The molecule has 0 aliphatic rings. The van der Waals surface area contributed by atoms with Crippen LogP contribution in [0, 0.1) is 0 Å². The third kappa shape index (κ3) is 3.43. The second kappa shape index (κ2) is 7.23. The van der Waals surface area contributed by atoms with Crippen LogP contribution in [0.15, 0.2) is 47.4 Å². The molecule has 0 fully saturated rings. The summed E-state index contributed by atoms with van der Waals surface area (Å²) in [4.78, 5) is 28.8. The van der Waals surface area contributed by atoms with E-state index in [0.717, 1.165) is 0 Å². The Labute approximate surface area is 172 Å². The van der Waals surface area contributed by atoms with Gasteiger partial charge in [-0.15, -0.1) is 0 Å². The normalized spacial score (nSPS) is 11.9. The third-order valence-corrected chi connectivity index (χ3v) is 5.55. The second-order valence-corrected chi connectivity index (χ2v) is 7.55. The molecular weight excluding hydrogens is 416 g/mol. The summed E-state index contributed by atoms with van der Waals surface area (Å²) in [5.74, 6) is -0.988. The number of imidazole rings is 1. The topological polar surface area (TPSA) is 101 Å². The van der Waals surface area contributed by atoms with E-state index in [1.807, 2.05) is 0 Å². The van der Waals surface area contributed by atoms with Crippen molar-refractivity contribution in [3.63, 3.8) is 0 Å². The Kier molecular flexibility index (Phi) is 4.73. The number of aromatic nitrogens is 2. The van der Waals surface area contributed by atoms with Gasteiger partial charge in [-0.1, -0.05) is 35.1 Å². The van der Waals surface area contributed by atoms with Crippen LogP contribution >= 0.6 is 22.9 Å². The zero-order valence-electron chi connectivity index (χ0n) is 14.9. The smallest absolute Gasteiger partial charge is 0.335 e. The average molecular weight is 429 g/mol. The summed E-state index contributed by atoms with van der Waals surface area (Å²) in [7, 11) is 1.41. The van der Waals surface area contributed by atoms with Crippen LogP contribution in [0.25, 0.3) is 22.3 Å². The lowest BCUT2D eigenvalue weighted by Crippen LogP contribution is -2.22. The lowest BCUT2D eigenvalue weighted by Gasteiger charge is -2.05. The van der Waals surface area contributed by atoms with Crippen molar-refractivity contribution in [3.8, 4) is 22.8 Å². The van der Waals surface area contributed by atoms with Crippen LogP contribution in [-0.2, 0) is 0 Å². The van der Waals surface area contributed by atoms with Gasteiger partial charge in [-0.25, -0.2) is 9.78 Å². The number of benzene rings is 2. The Hall–Kier alpha value is -3.36. The lowest BCUT2D eigenvalue weighted by atomic mass is 10.1. The maximum atomic E-state index is 12.8. The van der Waals surface area contributed by atoms with E-state index in [9.17, 15) is 14.7 Å². The number of carboxylic acids is 1. The molecule has 0 unspecified atom stereocenters. The van der Waals surface area contributed by atoms with Gasteiger partial charge in [-0.2, -0.15) is 0 Å². The predicted molar refractivity (Wildman–Crippen MR) is 110 cm³/mol. The standard InChI is InChI=1S/C20H13ClN2O5S/c1-28-15-6-10(5-13(21)17(15)24)7-16-18(25)23-9-14(22-20(23)29-16)11-3-2-4-12(8-11)19(26)27/h2-9,24H,1H3,(H,26,27)/b16-7-. The zero-order chi connectivity index (χ0) is 20.7. The first-order chi connectivity index (χ1) is 13.9. The number of aromatic carboxylic acids is 1. The van der Waals surface area contributed by atoms with Crippen molar-refractivity contribution in [2.24, 2.45) is 0 Å². The number of phenols is 1. The monoisotopic (exact) mass is 428 g/mol. The molecule has 0 saturated carbocycles. The molecule has 29 heavy (non-hydrogen) atoms. The minimum absolute atomic E-state index is 0.116. The number of carbonyl (C=O) groups is 1. The summed E-state index contributed by atoms with van der Waals surface area (Å²) in [6.45, 7) is 0. The number of hydrogen-bond acceptors (Lipinski definition) is 6. The van der Waals surface area contributed by atoms with Gasteiger partial charge in [0.1, 0.15) is 0 Å². The van der Waals surface area contributed by atoms with Crippen molar-refractivity contribution in [1.29, 1.82) is 0 Å². The summed E-state index contributed by atoms with van der Waals surface area (Å²) >= 11 is 7.19. The van der Waals surface area contributed by atoms with E-state index in [4.69, 9.17) is 21.4 Å². The summed E-state index contributed by atoms with van der Waals surface area (Å²) in [6, 6.07) is 9.48. The van der Waals surface area contributed by atoms with Crippen molar-refractivity contribution in [1.82, 2.24) is 9.38 Å². The molecule has 0 aliphatic heterocycles. The lowest BCUT2D eigenvalue weighted by molar-refractivity contribution is 0.0697. The van der Waals surface area contributed by atoms with E-state index in [1.165, 1.54) is 41.0 Å². The maximum absolute atomic E-state index is 12.8. The first-order valence-electron chi connectivity index (χ1n) is 8.31. The van der Waals surface area contributed by atoms with Crippen LogP contribution < -0.4 is 14.8 Å². The van der Waals surface area contributed by atoms with Crippen molar-refractivity contribution in [3.05, 3.63) is 73.6 Å². The molecule has 2 N–H and O–H groups in total. The third-order valence-electron chi connectivity index (χ3n) is 4.28. The van der Waals surface area contributed by atoms with E-state index in [0.29, 0.717) is 26.3 Å². The van der Waals surface area contributed by atoms with Gasteiger partial charge in [0, 0.05) is 11.8 Å². The van der Waals surface area contributed by atoms with Gasteiger partial charge in [0.25, 0.3) is 5.56 Å². The number of halogens is 1. The summed E-state index contributed by atoms with van der Waals surface area (Å²) in [5.41, 5.74) is 1.61. The van der Waals surface area contributed by atoms with Crippen LogP contribution in [0.2, 0.25) is 5.02 Å². The number of thiazole rings is 1. The highest BCUT2D eigenvalue weighted by atomic mass is 35.5. The SMILES string of the molecule is COc1cc(/C=c2\sc3nc(-c4cccc(C(=O)O)c4)cn3c2=O)cc(Cl)c1O. The number of nitrogens with zero attached hydrogens (tertiary/aromatic N) is 2. The first-order valence-corrected chi connectivity index (χ1v) is 9.50. The van der Waals surface area contributed by atoms with Crippen LogP contribution in [-0.4, -0.2) is 32.7 Å². The molecule has 0 radical (unpaired) electrons. The molecule has 0 saturated heterocycles. The summed E-state index contributed by atoms with van der Waals surface area (Å²) in [5, 5.41) is 19.1. The quantitative estimate of drug-likeness (QED) is 0.518. The molecule has 4 rings (SSSR count). The highest BCUT2D eigenvalue weighted by Gasteiger charge is 2.13. The molecule has 0 bridgehead atoms. The molecule has 0 aliphatic carbocycles. The van der Waals surface area contributed by atoms with Crippen LogP contribution in [0.4, 0.5) is 0 Å². The van der Waals surface area contributed by atoms with Gasteiger partial charge < -0.3 is 14.9 Å². The number of phenolic OH excluding ortho intramolecular Hbond substituents is 1. The minimum atomic E-state index is -1.03. The van der Waals surface area contributed by atoms with Gasteiger partial charge in [-0.3, -0.25) is 9.20 Å². The van der Waals surface area contributed by atoms with Crippen molar-refractivity contribution < 1.29 is 19.7 Å². The summed E-state index contributed by atoms with van der Waals surface area (Å²) < 4.78 is 6.93. The number of carboxylic acid groups (broad SMARTS) is 1. The van der Waals surface area contributed by atoms with E-state index < -0.39 is 5.97 Å². The Morgan fingerprint density at radius 2 is 2.10 bits per heavy atom. The highest BCUT2D eigenvalue weighted by Crippen LogP contribution is 2.35. The van der Waals surface area contributed by atoms with Gasteiger partial charge in [-0.05, 0) is 35.9 Å². The minimum Gasteiger partial charge on any atom is -0.503 e. The van der Waals surface area contributed by atoms with Gasteiger partial charge in [0.05, 0.1) is 27.9 Å². The Morgan fingerprint density at radius 3 is 2.79 bits per heavy atom. The molecular formula is C20H13ClN2O5S. The number of hydrogen-bond donors (Lipinski definition) is 2.